The summed E-state index contributed by atoms with van der Waals surface area (Å²) in [6, 6.07) is 5.14. The van der Waals surface area contributed by atoms with Crippen LogP contribution in [-0.2, 0) is 4.74 Å². The summed E-state index contributed by atoms with van der Waals surface area (Å²) in [5, 5.41) is 3.41. The number of nitrogens with one attached hydrogen (secondary N) is 1. The summed E-state index contributed by atoms with van der Waals surface area (Å²) in [6.45, 7) is 7.59. The van der Waals surface area contributed by atoms with Crippen LogP contribution in [0.4, 0.5) is 4.39 Å². The highest BCUT2D eigenvalue weighted by atomic mass is 19.1. The van der Waals surface area contributed by atoms with Gasteiger partial charge in [0.05, 0.1) is 18.8 Å². The fourth-order valence-electron chi connectivity index (χ4n) is 2.82. The van der Waals surface area contributed by atoms with Crippen LogP contribution in [-0.4, -0.2) is 44.3 Å². The number of hydrogen-bond donors (Lipinski definition) is 1. The van der Waals surface area contributed by atoms with Crippen LogP contribution in [0.2, 0.25) is 0 Å². The van der Waals surface area contributed by atoms with Crippen molar-refractivity contribution in [2.75, 3.05) is 33.3 Å². The van der Waals surface area contributed by atoms with Gasteiger partial charge in [-0.3, -0.25) is 4.90 Å². The zero-order chi connectivity index (χ0) is 14.5. The van der Waals surface area contributed by atoms with Crippen LogP contribution in [0.3, 0.4) is 0 Å². The summed E-state index contributed by atoms with van der Waals surface area (Å²) in [6.07, 6.45) is 1.17. The van der Waals surface area contributed by atoms with Crippen molar-refractivity contribution in [2.45, 2.75) is 32.4 Å². The minimum Gasteiger partial charge on any atom is -0.374 e. The molecule has 0 amide bonds. The quantitative estimate of drug-likeness (QED) is 0.839. The first-order valence-electron chi connectivity index (χ1n) is 7.42. The molecule has 1 aromatic rings. The number of aryl methyl sites for hydroxylation is 1. The molecule has 112 valence electrons. The van der Waals surface area contributed by atoms with Gasteiger partial charge in [-0.05, 0) is 50.2 Å². The summed E-state index contributed by atoms with van der Waals surface area (Å²) in [5.41, 5.74) is 2.16. The highest BCUT2D eigenvalue weighted by Gasteiger charge is 2.32. The molecule has 1 N–H and O–H groups in total. The second kappa shape index (κ2) is 7.16. The van der Waals surface area contributed by atoms with Crippen molar-refractivity contribution < 1.29 is 9.13 Å². The molecule has 2 rings (SSSR count). The van der Waals surface area contributed by atoms with Crippen molar-refractivity contribution in [3.63, 3.8) is 0 Å². The predicted octanol–water partition coefficient (Wildman–Crippen LogP) is 2.51. The highest BCUT2D eigenvalue weighted by molar-refractivity contribution is 5.31. The molecule has 0 bridgehead atoms. The lowest BCUT2D eigenvalue weighted by molar-refractivity contribution is -0.0615. The lowest BCUT2D eigenvalue weighted by Gasteiger charge is -2.40. The third-order valence-electron chi connectivity index (χ3n) is 3.94. The second-order valence-corrected chi connectivity index (χ2v) is 5.54. The molecular formula is C16H25FN2O. The minimum absolute atomic E-state index is 0.0702. The van der Waals surface area contributed by atoms with Gasteiger partial charge in [-0.15, -0.1) is 0 Å². The molecule has 0 aromatic heterocycles. The number of morpholine rings is 1. The topological polar surface area (TPSA) is 24.5 Å². The Morgan fingerprint density at radius 1 is 1.45 bits per heavy atom. The van der Waals surface area contributed by atoms with Crippen molar-refractivity contribution >= 4 is 0 Å². The zero-order valence-electron chi connectivity index (χ0n) is 12.7. The van der Waals surface area contributed by atoms with Gasteiger partial charge in [0.15, 0.2) is 0 Å². The Kier molecular flexibility index (Phi) is 5.52. The number of halogens is 1. The number of ether oxygens (including phenoxy) is 1. The molecule has 0 spiro atoms. The van der Waals surface area contributed by atoms with Crippen molar-refractivity contribution in [3.8, 4) is 0 Å². The van der Waals surface area contributed by atoms with Crippen LogP contribution in [0.15, 0.2) is 18.2 Å². The second-order valence-electron chi connectivity index (χ2n) is 5.54. The van der Waals surface area contributed by atoms with Gasteiger partial charge in [0, 0.05) is 13.1 Å². The summed E-state index contributed by atoms with van der Waals surface area (Å²) in [4.78, 5) is 2.27. The Morgan fingerprint density at radius 3 is 3.00 bits per heavy atom. The van der Waals surface area contributed by atoms with Gasteiger partial charge < -0.3 is 10.1 Å². The van der Waals surface area contributed by atoms with Crippen molar-refractivity contribution in [2.24, 2.45) is 0 Å². The Morgan fingerprint density at radius 2 is 2.25 bits per heavy atom. The Bertz CT molecular complexity index is 438. The molecule has 1 aliphatic rings. The van der Waals surface area contributed by atoms with Gasteiger partial charge in [-0.2, -0.15) is 0 Å². The molecule has 20 heavy (non-hydrogen) atoms. The Hall–Kier alpha value is -0.970. The molecule has 1 aromatic carbocycles. The van der Waals surface area contributed by atoms with Crippen LogP contribution in [0.25, 0.3) is 0 Å². The maximum atomic E-state index is 13.6. The van der Waals surface area contributed by atoms with Gasteiger partial charge in [0.1, 0.15) is 5.82 Å². The average Bonchev–Trinajstić information content (AvgIpc) is 2.42. The van der Waals surface area contributed by atoms with Gasteiger partial charge in [0.25, 0.3) is 0 Å². The fourth-order valence-corrected chi connectivity index (χ4v) is 2.82. The van der Waals surface area contributed by atoms with E-state index in [0.717, 1.165) is 43.8 Å². The summed E-state index contributed by atoms with van der Waals surface area (Å²) < 4.78 is 19.5. The summed E-state index contributed by atoms with van der Waals surface area (Å²) >= 11 is 0. The van der Waals surface area contributed by atoms with E-state index in [-0.39, 0.29) is 18.0 Å². The van der Waals surface area contributed by atoms with Crippen LogP contribution < -0.4 is 5.32 Å². The SMILES string of the molecule is CCCNCC1OCCN(C)C1c1cc(F)ccc1C. The number of rotatable bonds is 5. The van der Waals surface area contributed by atoms with E-state index in [2.05, 4.69) is 24.2 Å². The van der Waals surface area contributed by atoms with Crippen LogP contribution in [0.5, 0.6) is 0 Å². The van der Waals surface area contributed by atoms with Gasteiger partial charge in [0.2, 0.25) is 0 Å². The first kappa shape index (κ1) is 15.4. The van der Waals surface area contributed by atoms with E-state index < -0.39 is 0 Å². The van der Waals surface area contributed by atoms with E-state index in [4.69, 9.17) is 4.74 Å². The standard InChI is InChI=1S/C16H25FN2O/c1-4-7-18-11-15-16(19(3)8-9-20-15)14-10-13(17)6-5-12(14)2/h5-6,10,15-16,18H,4,7-9,11H2,1-3H3. The molecule has 1 fully saturated rings. The number of likely N-dealkylation sites (N-methyl/N-ethyl adjacent to an activating group) is 1. The number of nitrogens with zero attached hydrogens (tertiary/aromatic N) is 1. The lowest BCUT2D eigenvalue weighted by atomic mass is 9.94. The van der Waals surface area contributed by atoms with E-state index in [9.17, 15) is 4.39 Å². The smallest absolute Gasteiger partial charge is 0.123 e. The molecule has 3 nitrogen and oxygen atoms in total. The molecule has 2 atom stereocenters. The number of hydrogen-bond acceptors (Lipinski definition) is 3. The van der Waals surface area contributed by atoms with Crippen molar-refractivity contribution in [1.82, 2.24) is 10.2 Å². The normalized spacial score (nSPS) is 24.0. The van der Waals surface area contributed by atoms with Crippen LogP contribution in [0, 0.1) is 12.7 Å². The van der Waals surface area contributed by atoms with Gasteiger partial charge in [-0.1, -0.05) is 13.0 Å². The first-order chi connectivity index (χ1) is 9.63. The zero-order valence-corrected chi connectivity index (χ0v) is 12.7. The maximum absolute atomic E-state index is 13.6. The van der Waals surface area contributed by atoms with Crippen molar-refractivity contribution in [3.05, 3.63) is 35.1 Å². The monoisotopic (exact) mass is 280 g/mol. The van der Waals surface area contributed by atoms with E-state index in [0.29, 0.717) is 0 Å². The van der Waals surface area contributed by atoms with Crippen LogP contribution in [0.1, 0.15) is 30.5 Å². The maximum Gasteiger partial charge on any atom is 0.123 e. The van der Waals surface area contributed by atoms with E-state index in [1.165, 1.54) is 6.07 Å². The molecular weight excluding hydrogens is 255 g/mol. The fraction of sp³-hybridized carbons (Fsp3) is 0.625. The predicted molar refractivity (Wildman–Crippen MR) is 79.4 cm³/mol. The molecule has 2 unspecified atom stereocenters. The average molecular weight is 280 g/mol. The molecule has 0 saturated carbocycles. The van der Waals surface area contributed by atoms with E-state index in [1.54, 1.807) is 6.07 Å². The van der Waals surface area contributed by atoms with Crippen molar-refractivity contribution in [1.29, 1.82) is 0 Å². The van der Waals surface area contributed by atoms with E-state index >= 15 is 0 Å². The number of benzene rings is 1. The third kappa shape index (κ3) is 3.57. The minimum atomic E-state index is -0.176. The van der Waals surface area contributed by atoms with E-state index in [1.807, 2.05) is 13.0 Å². The third-order valence-corrected chi connectivity index (χ3v) is 3.94. The van der Waals surface area contributed by atoms with Gasteiger partial charge >= 0.3 is 0 Å². The molecule has 1 aliphatic heterocycles. The summed E-state index contributed by atoms with van der Waals surface area (Å²) in [5.74, 6) is -0.176. The molecule has 4 heteroatoms. The largest absolute Gasteiger partial charge is 0.374 e. The molecule has 1 saturated heterocycles. The van der Waals surface area contributed by atoms with Gasteiger partial charge in [-0.25, -0.2) is 4.39 Å². The lowest BCUT2D eigenvalue weighted by Crippen LogP contribution is -2.47. The Labute approximate surface area is 121 Å². The summed E-state index contributed by atoms with van der Waals surface area (Å²) in [7, 11) is 2.09. The highest BCUT2D eigenvalue weighted by Crippen LogP contribution is 2.30. The first-order valence-corrected chi connectivity index (χ1v) is 7.42. The molecule has 1 heterocycles. The van der Waals surface area contributed by atoms with Crippen LogP contribution >= 0.6 is 0 Å². The molecule has 0 aliphatic carbocycles. The molecule has 0 radical (unpaired) electrons. The Balaban J connectivity index is 2.20.